The van der Waals surface area contributed by atoms with Crippen LogP contribution in [0.25, 0.3) is 0 Å². The van der Waals surface area contributed by atoms with Gasteiger partial charge in [0.2, 0.25) is 17.7 Å². The van der Waals surface area contributed by atoms with E-state index in [1.165, 1.54) is 4.90 Å². The Kier molecular flexibility index (Phi) is 4.64. The SMILES string of the molecule is CCC(C)N1C(=O)C2C(Cc3ccc(O)cc3)NC3(C(=O)Nc4ccc(C)cc43)C2C1=O. The Bertz CT molecular complexity index is 1130. The summed E-state index contributed by atoms with van der Waals surface area (Å²) < 4.78 is 0. The van der Waals surface area contributed by atoms with Crippen LogP contribution in [0.15, 0.2) is 42.5 Å². The fourth-order valence-electron chi connectivity index (χ4n) is 5.62. The zero-order chi connectivity index (χ0) is 22.8. The third-order valence-corrected chi connectivity index (χ3v) is 7.33. The van der Waals surface area contributed by atoms with Gasteiger partial charge in [0.25, 0.3) is 0 Å². The highest BCUT2D eigenvalue weighted by atomic mass is 16.3. The molecular formula is C25H27N3O4. The minimum absolute atomic E-state index is 0.164. The van der Waals surface area contributed by atoms with Gasteiger partial charge in [0, 0.05) is 23.3 Å². The molecule has 2 aromatic rings. The predicted molar refractivity (Wildman–Crippen MR) is 119 cm³/mol. The molecule has 166 valence electrons. The zero-order valence-corrected chi connectivity index (χ0v) is 18.4. The maximum Gasteiger partial charge on any atom is 0.250 e. The van der Waals surface area contributed by atoms with Crippen molar-refractivity contribution in [3.63, 3.8) is 0 Å². The summed E-state index contributed by atoms with van der Waals surface area (Å²) in [7, 11) is 0. The van der Waals surface area contributed by atoms with Gasteiger partial charge in [-0.3, -0.25) is 24.6 Å². The second-order valence-electron chi connectivity index (χ2n) is 9.24. The molecule has 5 rings (SSSR count). The predicted octanol–water partition coefficient (Wildman–Crippen LogP) is 2.46. The zero-order valence-electron chi connectivity index (χ0n) is 18.4. The molecule has 1 spiro atoms. The number of nitrogens with one attached hydrogen (secondary N) is 2. The molecule has 3 heterocycles. The minimum Gasteiger partial charge on any atom is -0.508 e. The molecule has 3 aliphatic rings. The average Bonchev–Trinajstić information content (AvgIpc) is 3.34. The van der Waals surface area contributed by atoms with E-state index in [0.29, 0.717) is 18.5 Å². The number of fused-ring (bicyclic) bond motifs is 4. The molecular weight excluding hydrogens is 406 g/mol. The van der Waals surface area contributed by atoms with Crippen LogP contribution in [0.5, 0.6) is 5.75 Å². The van der Waals surface area contributed by atoms with Gasteiger partial charge in [-0.25, -0.2) is 0 Å². The summed E-state index contributed by atoms with van der Waals surface area (Å²) in [6.45, 7) is 5.77. The lowest BCUT2D eigenvalue weighted by molar-refractivity contribution is -0.145. The number of anilines is 1. The van der Waals surface area contributed by atoms with Gasteiger partial charge >= 0.3 is 0 Å². The number of amides is 3. The van der Waals surface area contributed by atoms with Gasteiger partial charge in [0.15, 0.2) is 0 Å². The van der Waals surface area contributed by atoms with Gasteiger partial charge in [-0.1, -0.05) is 36.8 Å². The van der Waals surface area contributed by atoms with Crippen molar-refractivity contribution in [1.29, 1.82) is 0 Å². The normalized spacial score (nSPS) is 29.4. The Morgan fingerprint density at radius 3 is 2.50 bits per heavy atom. The number of rotatable bonds is 4. The molecule has 5 atom stereocenters. The smallest absolute Gasteiger partial charge is 0.250 e. The quantitative estimate of drug-likeness (QED) is 0.644. The number of carbonyl (C=O) groups is 3. The van der Waals surface area contributed by atoms with Gasteiger partial charge in [-0.05, 0) is 50.5 Å². The molecule has 7 heteroatoms. The van der Waals surface area contributed by atoms with E-state index in [9.17, 15) is 19.5 Å². The van der Waals surface area contributed by atoms with Crippen molar-refractivity contribution in [1.82, 2.24) is 10.2 Å². The molecule has 2 saturated heterocycles. The first kappa shape index (κ1) is 20.7. The van der Waals surface area contributed by atoms with E-state index in [-0.39, 0.29) is 29.5 Å². The van der Waals surface area contributed by atoms with E-state index < -0.39 is 23.4 Å². The second kappa shape index (κ2) is 7.17. The molecule has 2 aromatic carbocycles. The molecule has 0 bridgehead atoms. The van der Waals surface area contributed by atoms with Crippen LogP contribution in [0.1, 0.15) is 37.0 Å². The van der Waals surface area contributed by atoms with Crippen LogP contribution in [-0.4, -0.2) is 39.8 Å². The highest BCUT2D eigenvalue weighted by molar-refractivity contribution is 6.15. The molecule has 7 nitrogen and oxygen atoms in total. The van der Waals surface area contributed by atoms with Crippen molar-refractivity contribution in [2.45, 2.75) is 51.2 Å². The van der Waals surface area contributed by atoms with E-state index in [1.54, 1.807) is 24.3 Å². The highest BCUT2D eigenvalue weighted by Crippen LogP contribution is 2.53. The lowest BCUT2D eigenvalue weighted by atomic mass is 9.76. The number of carbonyl (C=O) groups excluding carboxylic acids is 3. The summed E-state index contributed by atoms with van der Waals surface area (Å²) in [6, 6.07) is 11.9. The van der Waals surface area contributed by atoms with Crippen LogP contribution in [0.4, 0.5) is 5.69 Å². The van der Waals surface area contributed by atoms with Crippen molar-refractivity contribution in [2.75, 3.05) is 5.32 Å². The van der Waals surface area contributed by atoms with Crippen molar-refractivity contribution in [3.8, 4) is 5.75 Å². The Morgan fingerprint density at radius 2 is 1.81 bits per heavy atom. The number of aromatic hydroxyl groups is 1. The van der Waals surface area contributed by atoms with Crippen LogP contribution in [0.2, 0.25) is 0 Å². The number of benzene rings is 2. The topological polar surface area (TPSA) is 98.7 Å². The second-order valence-corrected chi connectivity index (χ2v) is 9.24. The number of likely N-dealkylation sites (tertiary alicyclic amines) is 1. The van der Waals surface area contributed by atoms with Gasteiger partial charge in [0.1, 0.15) is 11.3 Å². The molecule has 0 saturated carbocycles. The first-order chi connectivity index (χ1) is 15.3. The first-order valence-electron chi connectivity index (χ1n) is 11.1. The van der Waals surface area contributed by atoms with Crippen LogP contribution >= 0.6 is 0 Å². The maximum atomic E-state index is 13.7. The van der Waals surface area contributed by atoms with Gasteiger partial charge in [-0.2, -0.15) is 0 Å². The van der Waals surface area contributed by atoms with Gasteiger partial charge in [-0.15, -0.1) is 0 Å². The van der Waals surface area contributed by atoms with Crippen molar-refractivity contribution < 1.29 is 19.5 Å². The number of imide groups is 1. The summed E-state index contributed by atoms with van der Waals surface area (Å²) in [5, 5.41) is 16.0. The summed E-state index contributed by atoms with van der Waals surface area (Å²) in [5.41, 5.74) is 2.04. The molecule has 3 aliphatic heterocycles. The number of aryl methyl sites for hydroxylation is 1. The van der Waals surface area contributed by atoms with E-state index in [0.717, 1.165) is 16.7 Å². The number of hydrogen-bond acceptors (Lipinski definition) is 5. The molecule has 32 heavy (non-hydrogen) atoms. The number of phenols is 1. The first-order valence-corrected chi connectivity index (χ1v) is 11.1. The average molecular weight is 434 g/mol. The lowest BCUT2D eigenvalue weighted by Gasteiger charge is -2.31. The lowest BCUT2D eigenvalue weighted by Crippen LogP contribution is -2.54. The standard InChI is InChI=1S/C25H27N3O4/c1-4-14(3)28-22(30)20-19(12-15-6-8-16(29)9-7-15)27-25(21(20)23(28)31)17-11-13(2)5-10-18(17)26-24(25)32/h5-11,14,19-21,27,29H,4,12H2,1-3H3,(H,26,32). The fourth-order valence-corrected chi connectivity index (χ4v) is 5.62. The molecule has 5 unspecified atom stereocenters. The Balaban J connectivity index is 1.64. The monoisotopic (exact) mass is 433 g/mol. The van der Waals surface area contributed by atoms with Crippen LogP contribution < -0.4 is 10.6 Å². The number of phenolic OH excluding ortho intramolecular Hbond substituents is 1. The van der Waals surface area contributed by atoms with E-state index in [4.69, 9.17) is 0 Å². The van der Waals surface area contributed by atoms with Gasteiger partial charge in [0.05, 0.1) is 11.8 Å². The fraction of sp³-hybridized carbons (Fsp3) is 0.400. The van der Waals surface area contributed by atoms with E-state index >= 15 is 0 Å². The summed E-state index contributed by atoms with van der Waals surface area (Å²) in [6.07, 6.45) is 1.12. The highest BCUT2D eigenvalue weighted by Gasteiger charge is 2.70. The summed E-state index contributed by atoms with van der Waals surface area (Å²) in [5.74, 6) is -2.04. The third kappa shape index (κ3) is 2.73. The van der Waals surface area contributed by atoms with Crippen LogP contribution in [-0.2, 0) is 26.3 Å². The van der Waals surface area contributed by atoms with Gasteiger partial charge < -0.3 is 10.4 Å². The molecule has 3 amide bonds. The van der Waals surface area contributed by atoms with Crippen LogP contribution in [0.3, 0.4) is 0 Å². The number of hydrogen-bond donors (Lipinski definition) is 3. The molecule has 2 fully saturated rings. The maximum absolute atomic E-state index is 13.7. The molecule has 0 aliphatic carbocycles. The van der Waals surface area contributed by atoms with Crippen molar-refractivity contribution >= 4 is 23.4 Å². The van der Waals surface area contributed by atoms with Crippen molar-refractivity contribution in [3.05, 3.63) is 59.2 Å². The largest absolute Gasteiger partial charge is 0.508 e. The molecule has 0 aromatic heterocycles. The third-order valence-electron chi connectivity index (χ3n) is 7.33. The minimum atomic E-state index is -1.28. The Hall–Kier alpha value is -3.19. The van der Waals surface area contributed by atoms with E-state index in [1.807, 2.05) is 39.0 Å². The Morgan fingerprint density at radius 1 is 1.09 bits per heavy atom. The van der Waals surface area contributed by atoms with Crippen LogP contribution in [0, 0.1) is 18.8 Å². The molecule has 3 N–H and O–H groups in total. The summed E-state index contributed by atoms with van der Waals surface area (Å²) >= 11 is 0. The summed E-state index contributed by atoms with van der Waals surface area (Å²) in [4.78, 5) is 42.1. The Labute approximate surface area is 186 Å². The van der Waals surface area contributed by atoms with Crippen molar-refractivity contribution in [2.24, 2.45) is 11.8 Å². The number of nitrogens with zero attached hydrogens (tertiary/aromatic N) is 1. The van der Waals surface area contributed by atoms with E-state index in [2.05, 4.69) is 10.6 Å². The molecule has 0 radical (unpaired) electrons.